The maximum Gasteiger partial charge on any atom is 0.339 e. The van der Waals surface area contributed by atoms with E-state index in [1.807, 2.05) is 6.92 Å². The topological polar surface area (TPSA) is 114 Å². The smallest absolute Gasteiger partial charge is 0.339 e. The van der Waals surface area contributed by atoms with Crippen molar-refractivity contribution in [2.45, 2.75) is 41.8 Å². The molecule has 0 amide bonds. The summed E-state index contributed by atoms with van der Waals surface area (Å²) in [6, 6.07) is 19.2. The van der Waals surface area contributed by atoms with Gasteiger partial charge >= 0.3 is 10.1 Å². The molecule has 1 spiro atoms. The van der Waals surface area contributed by atoms with Crippen LogP contribution in [0.4, 0.5) is 0 Å². The largest absolute Gasteiger partial charge is 0.377 e. The fraction of sp³-hybridized carbons (Fsp3) is 0.276. The second kappa shape index (κ2) is 10.2. The summed E-state index contributed by atoms with van der Waals surface area (Å²) in [4.78, 5) is 4.34. The minimum atomic E-state index is -4.32. The van der Waals surface area contributed by atoms with Gasteiger partial charge in [-0.25, -0.2) is 17.4 Å². The molecule has 1 saturated carbocycles. The Labute approximate surface area is 233 Å². The van der Waals surface area contributed by atoms with Gasteiger partial charge in [-0.1, -0.05) is 35.9 Å². The van der Waals surface area contributed by atoms with E-state index < -0.39 is 25.9 Å². The van der Waals surface area contributed by atoms with Gasteiger partial charge in [0.1, 0.15) is 10.6 Å². The summed E-state index contributed by atoms with van der Waals surface area (Å²) >= 11 is 0. The first-order chi connectivity index (χ1) is 19.2. The van der Waals surface area contributed by atoms with Gasteiger partial charge in [0.05, 0.1) is 18.1 Å². The molecule has 0 radical (unpaired) electrons. The van der Waals surface area contributed by atoms with Crippen molar-refractivity contribution in [1.82, 2.24) is 8.96 Å². The normalized spacial score (nSPS) is 19.4. The van der Waals surface area contributed by atoms with Crippen LogP contribution in [0.2, 0.25) is 0 Å². The van der Waals surface area contributed by atoms with Crippen molar-refractivity contribution < 1.29 is 30.5 Å². The third kappa shape index (κ3) is 4.94. The molecular weight excluding hydrogens is 552 g/mol. The highest BCUT2D eigenvalue weighted by Gasteiger charge is 2.44. The number of fused-ring (bicyclic) bond motifs is 1. The van der Waals surface area contributed by atoms with Crippen molar-refractivity contribution in [3.63, 3.8) is 0 Å². The monoisotopic (exact) mass is 580 g/mol. The fourth-order valence-electron chi connectivity index (χ4n) is 5.28. The molecule has 4 aromatic rings. The van der Waals surface area contributed by atoms with Crippen LogP contribution in [0.3, 0.4) is 0 Å². The highest BCUT2D eigenvalue weighted by molar-refractivity contribution is 7.90. The van der Waals surface area contributed by atoms with Crippen LogP contribution in [0.15, 0.2) is 94.9 Å². The predicted molar refractivity (Wildman–Crippen MR) is 148 cm³/mol. The Morgan fingerprint density at radius 2 is 1.70 bits per heavy atom. The van der Waals surface area contributed by atoms with Gasteiger partial charge in [-0.15, -0.1) is 0 Å². The number of benzene rings is 2. The van der Waals surface area contributed by atoms with Crippen molar-refractivity contribution in [3.05, 3.63) is 96.3 Å². The Morgan fingerprint density at radius 3 is 2.42 bits per heavy atom. The third-order valence-corrected chi connectivity index (χ3v) is 10.2. The summed E-state index contributed by atoms with van der Waals surface area (Å²) in [5, 5.41) is 0.518. The second-order valence-electron chi connectivity index (χ2n) is 10.0. The SMILES string of the molecule is Cc1ccc(S(=O)(=O)O/C(=C\C2CCC3(C2)OCCO3)c2cc3cccnc3n2S(=O)(=O)c2ccccc2)cc1. The van der Waals surface area contributed by atoms with E-state index >= 15 is 0 Å². The molecule has 1 aliphatic heterocycles. The molecule has 6 rings (SSSR count). The average molecular weight is 581 g/mol. The van der Waals surface area contributed by atoms with Gasteiger partial charge in [-0.2, -0.15) is 8.42 Å². The van der Waals surface area contributed by atoms with Gasteiger partial charge in [0.25, 0.3) is 10.0 Å². The molecule has 208 valence electrons. The standard InChI is InChI=1S/C29H28N2O7S2/c1-21-9-11-25(12-10-21)40(34,35)38-27(18-22-13-14-29(20-22)36-16-17-37-29)26-19-23-6-5-15-30-28(23)31(26)39(32,33)24-7-3-2-4-8-24/h2-12,15,18-19,22H,13-14,16-17,20H2,1H3/b27-18-. The lowest BCUT2D eigenvalue weighted by Crippen LogP contribution is -2.25. The molecule has 0 N–H and O–H groups in total. The zero-order valence-electron chi connectivity index (χ0n) is 21.8. The molecule has 2 fully saturated rings. The average Bonchev–Trinajstić information content (AvgIpc) is 3.68. The predicted octanol–water partition coefficient (Wildman–Crippen LogP) is 4.87. The maximum absolute atomic E-state index is 14.0. The number of pyridine rings is 1. The molecule has 2 aromatic heterocycles. The van der Waals surface area contributed by atoms with Crippen LogP contribution in [-0.4, -0.2) is 44.8 Å². The number of ether oxygens (including phenoxy) is 2. The summed E-state index contributed by atoms with van der Waals surface area (Å²) in [6.45, 7) is 2.85. The van der Waals surface area contributed by atoms with Gasteiger partial charge in [0.15, 0.2) is 17.2 Å². The fourth-order valence-corrected chi connectivity index (χ4v) is 7.71. The first kappa shape index (κ1) is 26.7. The number of aryl methyl sites for hydroxylation is 1. The molecule has 1 atom stereocenters. The van der Waals surface area contributed by atoms with E-state index in [1.54, 1.807) is 54.6 Å². The zero-order valence-corrected chi connectivity index (χ0v) is 23.4. The number of nitrogens with zero attached hydrogens (tertiary/aromatic N) is 2. The number of hydrogen-bond donors (Lipinski definition) is 0. The van der Waals surface area contributed by atoms with Crippen molar-refractivity contribution in [2.24, 2.45) is 5.92 Å². The zero-order chi connectivity index (χ0) is 28.0. The molecule has 2 aliphatic rings. The number of rotatable bonds is 7. The Hall–Kier alpha value is -3.51. The van der Waals surface area contributed by atoms with Crippen LogP contribution in [0.1, 0.15) is 30.5 Å². The first-order valence-electron chi connectivity index (χ1n) is 13.0. The van der Waals surface area contributed by atoms with Crippen LogP contribution in [0.5, 0.6) is 0 Å². The third-order valence-electron chi connectivity index (χ3n) is 7.23. The lowest BCUT2D eigenvalue weighted by atomic mass is 10.1. The van der Waals surface area contributed by atoms with E-state index in [0.29, 0.717) is 37.9 Å². The maximum atomic E-state index is 14.0. The molecular formula is C29H28N2O7S2. The Kier molecular flexibility index (Phi) is 6.78. The molecule has 40 heavy (non-hydrogen) atoms. The van der Waals surface area contributed by atoms with Crippen LogP contribution in [0.25, 0.3) is 16.8 Å². The molecule has 11 heteroatoms. The van der Waals surface area contributed by atoms with Gasteiger partial charge in [-0.05, 0) is 67.8 Å². The molecule has 3 heterocycles. The van der Waals surface area contributed by atoms with E-state index in [9.17, 15) is 16.8 Å². The summed E-state index contributed by atoms with van der Waals surface area (Å²) in [5.41, 5.74) is 1.11. The highest BCUT2D eigenvalue weighted by atomic mass is 32.2. The van der Waals surface area contributed by atoms with Crippen LogP contribution in [0, 0.1) is 12.8 Å². The summed E-state index contributed by atoms with van der Waals surface area (Å²) < 4.78 is 73.6. The lowest BCUT2D eigenvalue weighted by Gasteiger charge is -2.21. The molecule has 0 bridgehead atoms. The Balaban J connectivity index is 1.52. The molecule has 1 unspecified atom stereocenters. The quantitative estimate of drug-likeness (QED) is 0.225. The number of aromatic nitrogens is 2. The highest BCUT2D eigenvalue weighted by Crippen LogP contribution is 2.43. The van der Waals surface area contributed by atoms with Crippen molar-refractivity contribution in [1.29, 1.82) is 0 Å². The van der Waals surface area contributed by atoms with Crippen molar-refractivity contribution in [2.75, 3.05) is 13.2 Å². The van der Waals surface area contributed by atoms with E-state index in [1.165, 1.54) is 30.5 Å². The Morgan fingerprint density at radius 1 is 0.975 bits per heavy atom. The Bertz CT molecular complexity index is 1790. The first-order valence-corrected chi connectivity index (χ1v) is 15.8. The van der Waals surface area contributed by atoms with Gasteiger partial charge in [0, 0.05) is 24.4 Å². The minimum absolute atomic E-state index is 0.0349. The van der Waals surface area contributed by atoms with Crippen LogP contribution < -0.4 is 0 Å². The lowest BCUT2D eigenvalue weighted by molar-refractivity contribution is -0.151. The number of allylic oxidation sites excluding steroid dienone is 1. The van der Waals surface area contributed by atoms with E-state index in [4.69, 9.17) is 13.7 Å². The molecule has 2 aromatic carbocycles. The summed E-state index contributed by atoms with van der Waals surface area (Å²) in [6.07, 6.45) is 4.96. The second-order valence-corrected chi connectivity index (χ2v) is 13.4. The van der Waals surface area contributed by atoms with Gasteiger partial charge in [-0.3, -0.25) is 0 Å². The minimum Gasteiger partial charge on any atom is -0.377 e. The molecule has 1 aliphatic carbocycles. The summed E-state index contributed by atoms with van der Waals surface area (Å²) in [7, 11) is -8.51. The van der Waals surface area contributed by atoms with Crippen LogP contribution in [-0.2, 0) is 33.8 Å². The van der Waals surface area contributed by atoms with E-state index in [2.05, 4.69) is 4.98 Å². The molecule has 9 nitrogen and oxygen atoms in total. The summed E-state index contributed by atoms with van der Waals surface area (Å²) in [5.74, 6) is -0.995. The number of hydrogen-bond acceptors (Lipinski definition) is 8. The van der Waals surface area contributed by atoms with Gasteiger partial charge in [0.2, 0.25) is 0 Å². The van der Waals surface area contributed by atoms with Gasteiger partial charge < -0.3 is 13.7 Å². The van der Waals surface area contributed by atoms with E-state index in [0.717, 1.165) is 9.54 Å². The van der Waals surface area contributed by atoms with Crippen LogP contribution >= 0.6 is 0 Å². The molecule has 1 saturated heterocycles. The van der Waals surface area contributed by atoms with Crippen molar-refractivity contribution in [3.8, 4) is 0 Å². The van der Waals surface area contributed by atoms with Crippen molar-refractivity contribution >= 4 is 36.9 Å². The van der Waals surface area contributed by atoms with E-state index in [-0.39, 0.29) is 32.8 Å².